The van der Waals surface area contributed by atoms with Crippen molar-refractivity contribution in [3.63, 3.8) is 0 Å². The van der Waals surface area contributed by atoms with Crippen LogP contribution >= 0.6 is 0 Å². The van der Waals surface area contributed by atoms with Gasteiger partial charge in [-0.3, -0.25) is 0 Å². The predicted molar refractivity (Wildman–Crippen MR) is 81.3 cm³/mol. The van der Waals surface area contributed by atoms with Crippen molar-refractivity contribution in [3.8, 4) is 5.75 Å². The number of carbonyl (C=O) groups excluding carboxylic acids is 1. The Morgan fingerprint density at radius 2 is 1.91 bits per heavy atom. The Balaban J connectivity index is 2.99. The number of esters is 1. The molecule has 0 saturated carbocycles. The minimum Gasteiger partial charge on any atom is -0.491 e. The van der Waals surface area contributed by atoms with Gasteiger partial charge in [-0.25, -0.2) is 14.6 Å². The molecule has 0 aliphatic carbocycles. The summed E-state index contributed by atoms with van der Waals surface area (Å²) in [4.78, 5) is 27.0. The van der Waals surface area contributed by atoms with Crippen LogP contribution < -0.4 is 4.74 Å². The van der Waals surface area contributed by atoms with E-state index in [1.54, 1.807) is 0 Å². The van der Waals surface area contributed by atoms with Crippen molar-refractivity contribution in [1.82, 2.24) is 4.98 Å². The Morgan fingerprint density at radius 1 is 1.27 bits per heavy atom. The maximum absolute atomic E-state index is 12.1. The Bertz CT molecular complexity index is 523. The highest BCUT2D eigenvalue weighted by molar-refractivity contribution is 5.93. The average Bonchev–Trinajstić information content (AvgIpc) is 2.49. The fourth-order valence-corrected chi connectivity index (χ4v) is 1.76. The fourth-order valence-electron chi connectivity index (χ4n) is 1.76. The lowest BCUT2D eigenvalue weighted by atomic mass is 10.2. The van der Waals surface area contributed by atoms with Gasteiger partial charge in [-0.2, -0.15) is 0 Å². The zero-order valence-corrected chi connectivity index (χ0v) is 13.5. The van der Waals surface area contributed by atoms with E-state index in [1.807, 2.05) is 27.7 Å². The molecule has 0 unspecified atom stereocenters. The van der Waals surface area contributed by atoms with E-state index in [1.165, 1.54) is 12.3 Å². The number of hydrogen-bond acceptors (Lipinski definition) is 5. The minimum atomic E-state index is -1.20. The second-order valence-corrected chi connectivity index (χ2v) is 5.42. The van der Waals surface area contributed by atoms with E-state index < -0.39 is 11.9 Å². The zero-order chi connectivity index (χ0) is 16.7. The third kappa shape index (κ3) is 5.02. The van der Waals surface area contributed by atoms with Gasteiger partial charge in [-0.15, -0.1) is 0 Å². The minimum absolute atomic E-state index is 0.0835. The van der Waals surface area contributed by atoms with Crippen molar-refractivity contribution in [1.29, 1.82) is 0 Å². The van der Waals surface area contributed by atoms with Crippen LogP contribution in [-0.2, 0) is 4.74 Å². The Morgan fingerprint density at radius 3 is 2.41 bits per heavy atom. The zero-order valence-electron chi connectivity index (χ0n) is 13.5. The van der Waals surface area contributed by atoms with Gasteiger partial charge in [-0.1, -0.05) is 27.7 Å². The van der Waals surface area contributed by atoms with Gasteiger partial charge < -0.3 is 14.6 Å². The largest absolute Gasteiger partial charge is 0.491 e. The average molecular weight is 309 g/mol. The number of pyridine rings is 1. The molecule has 6 nitrogen and oxygen atoms in total. The summed E-state index contributed by atoms with van der Waals surface area (Å²) in [6.45, 7) is 8.10. The molecule has 0 fully saturated rings. The Labute approximate surface area is 130 Å². The molecule has 6 heteroatoms. The third-order valence-electron chi connectivity index (χ3n) is 3.05. The molecule has 122 valence electrons. The van der Waals surface area contributed by atoms with Crippen LogP contribution in [0.1, 0.15) is 61.4 Å². The molecule has 0 radical (unpaired) electrons. The predicted octanol–water partition coefficient (Wildman–Crippen LogP) is 3.16. The molecule has 22 heavy (non-hydrogen) atoms. The lowest BCUT2D eigenvalue weighted by Gasteiger charge is -2.15. The quantitative estimate of drug-likeness (QED) is 0.742. The topological polar surface area (TPSA) is 85.7 Å². The maximum Gasteiger partial charge on any atom is 0.358 e. The molecule has 0 saturated heterocycles. The summed E-state index contributed by atoms with van der Waals surface area (Å²) >= 11 is 0. The highest BCUT2D eigenvalue weighted by atomic mass is 16.5. The molecule has 1 aromatic rings. The normalized spacial score (nSPS) is 10.8. The van der Waals surface area contributed by atoms with E-state index in [4.69, 9.17) is 14.6 Å². The second kappa shape index (κ2) is 8.36. The molecule has 1 aromatic heterocycles. The Hall–Kier alpha value is -2.11. The van der Waals surface area contributed by atoms with Gasteiger partial charge in [0.1, 0.15) is 6.10 Å². The molecule has 0 amide bonds. The SMILES string of the molecule is CCC(CC)OC(=O)c1cnc(C(=O)O)c(OCC(C)C)c1. The van der Waals surface area contributed by atoms with Gasteiger partial charge in [-0.05, 0) is 24.8 Å². The maximum atomic E-state index is 12.1. The summed E-state index contributed by atoms with van der Waals surface area (Å²) in [6.07, 6.45) is 2.49. The summed E-state index contributed by atoms with van der Waals surface area (Å²) < 4.78 is 10.8. The van der Waals surface area contributed by atoms with E-state index in [0.717, 1.165) is 12.8 Å². The Kier molecular flexibility index (Phi) is 6.82. The molecular weight excluding hydrogens is 286 g/mol. The highest BCUT2D eigenvalue weighted by Gasteiger charge is 2.19. The van der Waals surface area contributed by atoms with Gasteiger partial charge in [0.25, 0.3) is 0 Å². The number of hydrogen-bond donors (Lipinski definition) is 1. The van der Waals surface area contributed by atoms with Gasteiger partial charge in [0.15, 0.2) is 11.4 Å². The van der Waals surface area contributed by atoms with Crippen molar-refractivity contribution < 1.29 is 24.2 Å². The van der Waals surface area contributed by atoms with Crippen LogP contribution in [0.25, 0.3) is 0 Å². The number of carboxylic acids is 1. The van der Waals surface area contributed by atoms with Crippen LogP contribution in [0.2, 0.25) is 0 Å². The molecule has 0 aromatic carbocycles. The van der Waals surface area contributed by atoms with Gasteiger partial charge in [0, 0.05) is 6.20 Å². The standard InChI is InChI=1S/C16H23NO5/c1-5-12(6-2)22-16(20)11-7-13(21-9-10(3)4)14(15(18)19)17-8-11/h7-8,10,12H,5-6,9H2,1-4H3,(H,18,19). The van der Waals surface area contributed by atoms with Crippen molar-refractivity contribution in [3.05, 3.63) is 23.5 Å². The number of carbonyl (C=O) groups is 2. The first-order valence-electron chi connectivity index (χ1n) is 7.46. The molecular formula is C16H23NO5. The van der Waals surface area contributed by atoms with Gasteiger partial charge in [0.2, 0.25) is 0 Å². The summed E-state index contributed by atoms with van der Waals surface area (Å²) in [7, 11) is 0. The van der Waals surface area contributed by atoms with E-state index in [2.05, 4.69) is 4.98 Å². The van der Waals surface area contributed by atoms with Gasteiger partial charge in [0.05, 0.1) is 12.2 Å². The smallest absolute Gasteiger partial charge is 0.358 e. The summed E-state index contributed by atoms with van der Waals surface area (Å²) in [6, 6.07) is 1.38. The lowest BCUT2D eigenvalue weighted by molar-refractivity contribution is 0.0282. The van der Waals surface area contributed by atoms with E-state index in [-0.39, 0.29) is 29.0 Å². The first-order chi connectivity index (χ1) is 10.4. The van der Waals surface area contributed by atoms with Crippen LogP contribution in [0, 0.1) is 5.92 Å². The lowest BCUT2D eigenvalue weighted by Crippen LogP contribution is -2.18. The molecule has 1 heterocycles. The number of aromatic carboxylic acids is 1. The van der Waals surface area contributed by atoms with E-state index >= 15 is 0 Å². The molecule has 0 bridgehead atoms. The van der Waals surface area contributed by atoms with Gasteiger partial charge >= 0.3 is 11.9 Å². The summed E-state index contributed by atoms with van der Waals surface area (Å²) in [5.41, 5.74) is -0.0182. The van der Waals surface area contributed by atoms with Crippen LogP contribution in [-0.4, -0.2) is 34.7 Å². The molecule has 0 spiro atoms. The molecule has 1 N–H and O–H groups in total. The molecule has 0 atom stereocenters. The van der Waals surface area contributed by atoms with Crippen molar-refractivity contribution in [2.45, 2.75) is 46.6 Å². The molecule has 0 aliphatic rings. The second-order valence-electron chi connectivity index (χ2n) is 5.42. The summed E-state index contributed by atoms with van der Waals surface area (Å²) in [5.74, 6) is -1.41. The van der Waals surface area contributed by atoms with Crippen molar-refractivity contribution in [2.24, 2.45) is 5.92 Å². The first kappa shape index (κ1) is 17.9. The molecule has 0 aliphatic heterocycles. The monoisotopic (exact) mass is 309 g/mol. The highest BCUT2D eigenvalue weighted by Crippen LogP contribution is 2.20. The third-order valence-corrected chi connectivity index (χ3v) is 3.05. The van der Waals surface area contributed by atoms with Crippen LogP contribution in [0.15, 0.2) is 12.3 Å². The van der Waals surface area contributed by atoms with Crippen molar-refractivity contribution in [2.75, 3.05) is 6.61 Å². The molecule has 1 rings (SSSR count). The van der Waals surface area contributed by atoms with Crippen LogP contribution in [0.5, 0.6) is 5.75 Å². The summed E-state index contributed by atoms with van der Waals surface area (Å²) in [5, 5.41) is 9.12. The van der Waals surface area contributed by atoms with Crippen LogP contribution in [0.3, 0.4) is 0 Å². The number of ether oxygens (including phenoxy) is 2. The number of aromatic nitrogens is 1. The van der Waals surface area contributed by atoms with E-state index in [0.29, 0.717) is 6.61 Å². The first-order valence-corrected chi connectivity index (χ1v) is 7.46. The van der Waals surface area contributed by atoms with Crippen LogP contribution in [0.4, 0.5) is 0 Å². The number of carboxylic acid groups (broad SMARTS) is 1. The fraction of sp³-hybridized carbons (Fsp3) is 0.562. The number of nitrogens with zero attached hydrogens (tertiary/aromatic N) is 1. The number of rotatable bonds is 8. The van der Waals surface area contributed by atoms with Crippen molar-refractivity contribution >= 4 is 11.9 Å². The van der Waals surface area contributed by atoms with E-state index in [9.17, 15) is 9.59 Å².